The first-order valence-corrected chi connectivity index (χ1v) is 13.9. The lowest BCUT2D eigenvalue weighted by Crippen LogP contribution is -2.44. The van der Waals surface area contributed by atoms with Crippen molar-refractivity contribution in [3.8, 4) is 0 Å². The fourth-order valence-electron chi connectivity index (χ4n) is 4.41. The molecule has 1 aliphatic rings. The van der Waals surface area contributed by atoms with Crippen LogP contribution in [0.5, 0.6) is 0 Å². The molecule has 1 aliphatic heterocycles. The van der Waals surface area contributed by atoms with E-state index in [-0.39, 0.29) is 28.2 Å². The smallest absolute Gasteiger partial charge is 0.285 e. The minimum atomic E-state index is -3.82. The van der Waals surface area contributed by atoms with Crippen molar-refractivity contribution >= 4 is 50.1 Å². The molecule has 0 aliphatic carbocycles. The van der Waals surface area contributed by atoms with Crippen LogP contribution in [0.25, 0.3) is 10.9 Å². The number of nitrogens with one attached hydrogen (secondary N) is 2. The summed E-state index contributed by atoms with van der Waals surface area (Å²) in [6.07, 6.45) is 0.886. The van der Waals surface area contributed by atoms with Crippen LogP contribution in [0.2, 0.25) is 5.15 Å². The van der Waals surface area contributed by atoms with Crippen LogP contribution in [0.15, 0.2) is 29.1 Å². The van der Waals surface area contributed by atoms with Gasteiger partial charge < -0.3 is 15.0 Å². The predicted octanol–water partition coefficient (Wildman–Crippen LogP) is 2.38. The highest BCUT2D eigenvalue weighted by Crippen LogP contribution is 2.29. The third-order valence-corrected chi connectivity index (χ3v) is 6.81. The molecule has 0 radical (unpaired) electrons. The fourth-order valence-corrected chi connectivity index (χ4v) is 4.99. The van der Waals surface area contributed by atoms with Crippen molar-refractivity contribution in [2.75, 3.05) is 36.2 Å². The number of aryl methyl sites for hydroxylation is 1. The SMILES string of the molecule is Cc1cc([C@@H](C)Nc2ccc(Cl)nc2C(=O)NS(C)(=O)=O)c2nc(N3CCO[C@@H](C)C3)n(C)c(=O)c2c1. The third-order valence-electron chi connectivity index (χ3n) is 6.05. The number of amides is 1. The number of carbonyl (C=O) groups is 1. The first kappa shape index (κ1) is 26.8. The summed E-state index contributed by atoms with van der Waals surface area (Å²) >= 11 is 5.99. The lowest BCUT2D eigenvalue weighted by Gasteiger charge is -2.33. The number of halogens is 1. The number of fused-ring (bicyclic) bond motifs is 1. The van der Waals surface area contributed by atoms with Gasteiger partial charge in [-0.05, 0) is 44.5 Å². The van der Waals surface area contributed by atoms with Gasteiger partial charge >= 0.3 is 0 Å². The summed E-state index contributed by atoms with van der Waals surface area (Å²) in [4.78, 5) is 37.0. The van der Waals surface area contributed by atoms with E-state index >= 15 is 0 Å². The molecule has 0 spiro atoms. The van der Waals surface area contributed by atoms with E-state index in [2.05, 4.69) is 10.3 Å². The summed E-state index contributed by atoms with van der Waals surface area (Å²) in [6, 6.07) is 6.34. The van der Waals surface area contributed by atoms with Gasteiger partial charge in [-0.2, -0.15) is 0 Å². The lowest BCUT2D eigenvalue weighted by molar-refractivity contribution is 0.0524. The largest absolute Gasteiger partial charge is 0.377 e. The van der Waals surface area contributed by atoms with Crippen molar-refractivity contribution in [3.05, 3.63) is 56.6 Å². The number of aromatic nitrogens is 3. The van der Waals surface area contributed by atoms with Gasteiger partial charge in [0, 0.05) is 25.7 Å². The first-order chi connectivity index (χ1) is 17.3. The zero-order valence-electron chi connectivity index (χ0n) is 21.2. The number of sulfonamides is 1. The van der Waals surface area contributed by atoms with Crippen LogP contribution in [-0.4, -0.2) is 60.9 Å². The second-order valence-electron chi connectivity index (χ2n) is 9.25. The third kappa shape index (κ3) is 5.86. The molecule has 198 valence electrons. The van der Waals surface area contributed by atoms with Gasteiger partial charge in [0.1, 0.15) is 5.15 Å². The number of morpholine rings is 1. The van der Waals surface area contributed by atoms with E-state index in [0.29, 0.717) is 36.5 Å². The maximum atomic E-state index is 13.4. The van der Waals surface area contributed by atoms with Crippen molar-refractivity contribution in [1.29, 1.82) is 0 Å². The summed E-state index contributed by atoms with van der Waals surface area (Å²) in [5.41, 5.74) is 2.07. The van der Waals surface area contributed by atoms with E-state index < -0.39 is 22.0 Å². The van der Waals surface area contributed by atoms with Crippen LogP contribution in [0, 0.1) is 6.92 Å². The average molecular weight is 549 g/mol. The molecule has 1 saturated heterocycles. The monoisotopic (exact) mass is 548 g/mol. The van der Waals surface area contributed by atoms with Crippen LogP contribution in [-0.2, 0) is 21.8 Å². The molecule has 1 aromatic carbocycles. The number of hydrogen-bond acceptors (Lipinski definition) is 9. The molecule has 0 saturated carbocycles. The summed E-state index contributed by atoms with van der Waals surface area (Å²) in [5, 5.41) is 3.73. The molecule has 1 amide bonds. The molecule has 2 aromatic heterocycles. The number of nitrogens with zero attached hydrogens (tertiary/aromatic N) is 4. The summed E-state index contributed by atoms with van der Waals surface area (Å²) < 4.78 is 32.3. The summed E-state index contributed by atoms with van der Waals surface area (Å²) in [7, 11) is -2.11. The maximum Gasteiger partial charge on any atom is 0.285 e. The van der Waals surface area contributed by atoms with E-state index in [1.54, 1.807) is 23.7 Å². The molecule has 11 nitrogen and oxygen atoms in total. The van der Waals surface area contributed by atoms with E-state index in [0.717, 1.165) is 17.4 Å². The Labute approximate surface area is 219 Å². The molecular weight excluding hydrogens is 520 g/mol. The van der Waals surface area contributed by atoms with Crippen LogP contribution in [0.1, 0.15) is 41.5 Å². The Hall–Kier alpha value is -3.22. The van der Waals surface area contributed by atoms with Crippen LogP contribution >= 0.6 is 11.6 Å². The van der Waals surface area contributed by atoms with E-state index in [9.17, 15) is 18.0 Å². The molecular formula is C24H29ClN6O5S. The molecule has 3 aromatic rings. The molecule has 2 atom stereocenters. The van der Waals surface area contributed by atoms with Gasteiger partial charge in [0.25, 0.3) is 11.5 Å². The normalized spacial score (nSPS) is 17.0. The van der Waals surface area contributed by atoms with Gasteiger partial charge in [0.05, 0.1) is 41.6 Å². The predicted molar refractivity (Wildman–Crippen MR) is 143 cm³/mol. The standard InChI is InChI=1S/C24H29ClN6O5S/c1-13-10-16(15(3)26-18-6-7-19(25)27-21(18)22(32)29-37(5,34)35)20-17(11-13)23(33)30(4)24(28-20)31-8-9-36-14(2)12-31/h6-7,10-11,14-15,26H,8-9,12H2,1-5H3,(H,29,32)/t14-,15+/m0/s1. The van der Waals surface area contributed by atoms with Crippen molar-refractivity contribution in [1.82, 2.24) is 19.3 Å². The Morgan fingerprint density at radius 1 is 1.27 bits per heavy atom. The molecule has 2 N–H and O–H groups in total. The zero-order valence-corrected chi connectivity index (χ0v) is 22.8. The first-order valence-electron chi connectivity index (χ1n) is 11.7. The van der Waals surface area contributed by atoms with Gasteiger partial charge in [-0.15, -0.1) is 0 Å². The van der Waals surface area contributed by atoms with Crippen molar-refractivity contribution < 1.29 is 17.9 Å². The van der Waals surface area contributed by atoms with Crippen molar-refractivity contribution in [2.45, 2.75) is 32.9 Å². The van der Waals surface area contributed by atoms with Crippen molar-refractivity contribution in [3.63, 3.8) is 0 Å². The Morgan fingerprint density at radius 3 is 2.68 bits per heavy atom. The minimum Gasteiger partial charge on any atom is -0.377 e. The van der Waals surface area contributed by atoms with Gasteiger partial charge in [-0.1, -0.05) is 17.7 Å². The second kappa shape index (κ2) is 10.3. The van der Waals surface area contributed by atoms with Crippen molar-refractivity contribution in [2.24, 2.45) is 7.05 Å². The molecule has 3 heterocycles. The summed E-state index contributed by atoms with van der Waals surface area (Å²) in [6.45, 7) is 7.48. The fraction of sp³-hybridized carbons (Fsp3) is 0.417. The second-order valence-corrected chi connectivity index (χ2v) is 11.4. The van der Waals surface area contributed by atoms with Gasteiger partial charge in [0.2, 0.25) is 16.0 Å². The number of hydrogen-bond donors (Lipinski definition) is 2. The molecule has 4 rings (SSSR count). The highest BCUT2D eigenvalue weighted by atomic mass is 35.5. The average Bonchev–Trinajstić information content (AvgIpc) is 2.81. The van der Waals surface area contributed by atoms with Gasteiger partial charge in [-0.3, -0.25) is 14.2 Å². The number of ether oxygens (including phenoxy) is 1. The number of rotatable bonds is 6. The highest BCUT2D eigenvalue weighted by Gasteiger charge is 2.24. The number of carbonyl (C=O) groups excluding carboxylic acids is 1. The van der Waals surface area contributed by atoms with Crippen LogP contribution in [0.4, 0.5) is 11.6 Å². The minimum absolute atomic E-state index is 0.00772. The lowest BCUT2D eigenvalue weighted by atomic mass is 10.0. The van der Waals surface area contributed by atoms with Gasteiger partial charge in [-0.25, -0.2) is 23.1 Å². The number of benzene rings is 1. The topological polar surface area (TPSA) is 136 Å². The molecule has 1 fully saturated rings. The van der Waals surface area contributed by atoms with Crippen LogP contribution < -0.4 is 20.5 Å². The summed E-state index contributed by atoms with van der Waals surface area (Å²) in [5.74, 6) is -0.365. The quantitative estimate of drug-likeness (QED) is 0.445. The van der Waals surface area contributed by atoms with E-state index in [4.69, 9.17) is 21.3 Å². The van der Waals surface area contributed by atoms with Gasteiger partial charge in [0.15, 0.2) is 5.69 Å². The number of anilines is 2. The molecule has 0 bridgehead atoms. The van der Waals surface area contributed by atoms with E-state index in [1.165, 1.54) is 6.07 Å². The Balaban J connectivity index is 1.79. The Bertz CT molecular complexity index is 1540. The molecule has 0 unspecified atom stereocenters. The molecule has 13 heteroatoms. The maximum absolute atomic E-state index is 13.4. The highest BCUT2D eigenvalue weighted by molar-refractivity contribution is 7.89. The molecule has 37 heavy (non-hydrogen) atoms. The zero-order chi connectivity index (χ0) is 27.1. The Morgan fingerprint density at radius 2 is 2.00 bits per heavy atom. The number of pyridine rings is 1. The Kier molecular flexibility index (Phi) is 7.45. The van der Waals surface area contributed by atoms with E-state index in [1.807, 2.05) is 36.5 Å². The van der Waals surface area contributed by atoms with Crippen LogP contribution in [0.3, 0.4) is 0 Å².